The summed E-state index contributed by atoms with van der Waals surface area (Å²) in [6.07, 6.45) is 2.89. The molecule has 1 atom stereocenters. The number of carbonyl (C=O) groups excluding carboxylic acids is 1. The van der Waals surface area contributed by atoms with Crippen molar-refractivity contribution < 1.29 is 9.53 Å². The standard InChI is InChI=1S/C20H27N3O2/c1-15-6-5-10-22-19(15)12-16(2)23(3)20(24)14-17-7-4-8-18(13-17)25-11-9-21/h4-8,10,13,16H,9,11-12,14,21H2,1-3H3/t16-/m0/s1. The van der Waals surface area contributed by atoms with Crippen LogP contribution in [0, 0.1) is 6.92 Å². The van der Waals surface area contributed by atoms with E-state index in [4.69, 9.17) is 10.5 Å². The third-order valence-electron chi connectivity index (χ3n) is 4.30. The van der Waals surface area contributed by atoms with E-state index >= 15 is 0 Å². The minimum atomic E-state index is 0.0806. The van der Waals surface area contributed by atoms with Gasteiger partial charge in [0, 0.05) is 37.9 Å². The lowest BCUT2D eigenvalue weighted by molar-refractivity contribution is -0.130. The Morgan fingerprint density at radius 2 is 2.12 bits per heavy atom. The molecule has 0 fully saturated rings. The lowest BCUT2D eigenvalue weighted by Gasteiger charge is -2.25. The van der Waals surface area contributed by atoms with Crippen LogP contribution in [0.15, 0.2) is 42.6 Å². The molecule has 2 aromatic rings. The highest BCUT2D eigenvalue weighted by Gasteiger charge is 2.18. The van der Waals surface area contributed by atoms with Crippen LogP contribution in [0.1, 0.15) is 23.7 Å². The lowest BCUT2D eigenvalue weighted by atomic mass is 10.1. The summed E-state index contributed by atoms with van der Waals surface area (Å²) >= 11 is 0. The fraction of sp³-hybridized carbons (Fsp3) is 0.400. The summed E-state index contributed by atoms with van der Waals surface area (Å²) in [6.45, 7) is 5.03. The average molecular weight is 341 g/mol. The van der Waals surface area contributed by atoms with Gasteiger partial charge in [-0.05, 0) is 43.2 Å². The van der Waals surface area contributed by atoms with Crippen molar-refractivity contribution in [1.29, 1.82) is 0 Å². The van der Waals surface area contributed by atoms with Gasteiger partial charge in [0.1, 0.15) is 12.4 Å². The molecule has 0 saturated carbocycles. The number of aryl methyl sites for hydroxylation is 1. The van der Waals surface area contributed by atoms with Crippen LogP contribution in [-0.2, 0) is 17.6 Å². The van der Waals surface area contributed by atoms with E-state index in [9.17, 15) is 4.79 Å². The number of nitrogens with two attached hydrogens (primary N) is 1. The van der Waals surface area contributed by atoms with Crippen LogP contribution in [0.3, 0.4) is 0 Å². The summed E-state index contributed by atoms with van der Waals surface area (Å²) in [5.74, 6) is 0.827. The quantitative estimate of drug-likeness (QED) is 0.800. The highest BCUT2D eigenvalue weighted by molar-refractivity contribution is 5.79. The molecule has 134 valence electrons. The van der Waals surface area contributed by atoms with Crippen molar-refractivity contribution in [2.45, 2.75) is 32.7 Å². The number of hydrogen-bond acceptors (Lipinski definition) is 4. The summed E-state index contributed by atoms with van der Waals surface area (Å²) in [4.78, 5) is 18.8. The Kier molecular flexibility index (Phi) is 6.95. The number of ether oxygens (including phenoxy) is 1. The van der Waals surface area contributed by atoms with Gasteiger partial charge >= 0.3 is 0 Å². The van der Waals surface area contributed by atoms with E-state index in [1.165, 1.54) is 0 Å². The molecule has 2 rings (SSSR count). The van der Waals surface area contributed by atoms with Gasteiger partial charge in [0.25, 0.3) is 0 Å². The van der Waals surface area contributed by atoms with Crippen molar-refractivity contribution in [3.63, 3.8) is 0 Å². The van der Waals surface area contributed by atoms with E-state index in [-0.39, 0.29) is 11.9 Å². The smallest absolute Gasteiger partial charge is 0.226 e. The molecule has 0 aliphatic heterocycles. The Bertz CT molecular complexity index is 703. The van der Waals surface area contributed by atoms with Gasteiger partial charge in [0.2, 0.25) is 5.91 Å². The normalized spacial score (nSPS) is 11.8. The monoisotopic (exact) mass is 341 g/mol. The maximum Gasteiger partial charge on any atom is 0.226 e. The number of hydrogen-bond donors (Lipinski definition) is 1. The molecular formula is C20H27N3O2. The first kappa shape index (κ1) is 18.9. The molecule has 0 bridgehead atoms. The summed E-state index contributed by atoms with van der Waals surface area (Å²) in [6, 6.07) is 11.7. The topological polar surface area (TPSA) is 68.5 Å². The van der Waals surface area contributed by atoms with Gasteiger partial charge in [-0.3, -0.25) is 9.78 Å². The zero-order valence-electron chi connectivity index (χ0n) is 15.2. The number of benzene rings is 1. The number of carbonyl (C=O) groups is 1. The van der Waals surface area contributed by atoms with E-state index in [0.717, 1.165) is 29.0 Å². The fourth-order valence-corrected chi connectivity index (χ4v) is 2.62. The van der Waals surface area contributed by atoms with Gasteiger partial charge in [0.15, 0.2) is 0 Å². The van der Waals surface area contributed by atoms with E-state index in [2.05, 4.69) is 4.98 Å². The first-order valence-corrected chi connectivity index (χ1v) is 8.59. The van der Waals surface area contributed by atoms with Crippen LogP contribution in [0.25, 0.3) is 0 Å². The molecule has 1 aromatic carbocycles. The molecule has 25 heavy (non-hydrogen) atoms. The van der Waals surface area contributed by atoms with E-state index in [1.54, 1.807) is 11.1 Å². The fourth-order valence-electron chi connectivity index (χ4n) is 2.62. The first-order valence-electron chi connectivity index (χ1n) is 8.59. The second kappa shape index (κ2) is 9.18. The molecule has 0 aliphatic rings. The van der Waals surface area contributed by atoms with Gasteiger partial charge < -0.3 is 15.4 Å². The number of pyridine rings is 1. The van der Waals surface area contributed by atoms with Gasteiger partial charge in [-0.25, -0.2) is 0 Å². The lowest BCUT2D eigenvalue weighted by Crippen LogP contribution is -2.37. The van der Waals surface area contributed by atoms with Crippen LogP contribution in [0.4, 0.5) is 0 Å². The van der Waals surface area contributed by atoms with Gasteiger partial charge in [-0.1, -0.05) is 18.2 Å². The minimum Gasteiger partial charge on any atom is -0.492 e. The molecule has 5 nitrogen and oxygen atoms in total. The molecule has 1 heterocycles. The molecule has 0 aliphatic carbocycles. The summed E-state index contributed by atoms with van der Waals surface area (Å²) in [7, 11) is 1.85. The third kappa shape index (κ3) is 5.57. The van der Waals surface area contributed by atoms with Crippen molar-refractivity contribution in [3.8, 4) is 5.75 Å². The second-order valence-corrected chi connectivity index (χ2v) is 6.29. The van der Waals surface area contributed by atoms with Crippen molar-refractivity contribution >= 4 is 5.91 Å². The summed E-state index contributed by atoms with van der Waals surface area (Å²) < 4.78 is 5.52. The van der Waals surface area contributed by atoms with E-state index in [1.807, 2.05) is 57.3 Å². The maximum absolute atomic E-state index is 12.6. The predicted octanol–water partition coefficient (Wildman–Crippen LogP) is 2.36. The Morgan fingerprint density at radius 3 is 2.84 bits per heavy atom. The zero-order chi connectivity index (χ0) is 18.2. The highest BCUT2D eigenvalue weighted by atomic mass is 16.5. The number of nitrogens with zero attached hydrogens (tertiary/aromatic N) is 2. The molecular weight excluding hydrogens is 314 g/mol. The number of likely N-dealkylation sites (N-methyl/N-ethyl adjacent to an activating group) is 1. The van der Waals surface area contributed by atoms with Crippen LogP contribution in [-0.4, -0.2) is 42.0 Å². The van der Waals surface area contributed by atoms with Gasteiger partial charge in [-0.15, -0.1) is 0 Å². The van der Waals surface area contributed by atoms with E-state index in [0.29, 0.717) is 19.6 Å². The second-order valence-electron chi connectivity index (χ2n) is 6.29. The van der Waals surface area contributed by atoms with Gasteiger partial charge in [0.05, 0.1) is 6.42 Å². The van der Waals surface area contributed by atoms with Crippen LogP contribution in [0.5, 0.6) is 5.75 Å². The molecule has 0 radical (unpaired) electrons. The molecule has 0 unspecified atom stereocenters. The Balaban J connectivity index is 1.96. The number of aromatic nitrogens is 1. The SMILES string of the molecule is Cc1cccnc1C[C@H](C)N(C)C(=O)Cc1cccc(OCCN)c1. The van der Waals surface area contributed by atoms with Crippen molar-refractivity contribution in [3.05, 3.63) is 59.4 Å². The molecule has 2 N–H and O–H groups in total. The Hall–Kier alpha value is -2.40. The number of amides is 1. The summed E-state index contributed by atoms with van der Waals surface area (Å²) in [5, 5.41) is 0. The summed E-state index contributed by atoms with van der Waals surface area (Å²) in [5.41, 5.74) is 8.58. The maximum atomic E-state index is 12.6. The van der Waals surface area contributed by atoms with Crippen LogP contribution < -0.4 is 10.5 Å². The zero-order valence-corrected chi connectivity index (χ0v) is 15.2. The van der Waals surface area contributed by atoms with Crippen molar-refractivity contribution in [2.24, 2.45) is 5.73 Å². The Morgan fingerprint density at radius 1 is 1.32 bits per heavy atom. The van der Waals surface area contributed by atoms with Crippen LogP contribution in [0.2, 0.25) is 0 Å². The minimum absolute atomic E-state index is 0.0806. The van der Waals surface area contributed by atoms with E-state index < -0.39 is 0 Å². The molecule has 5 heteroatoms. The average Bonchev–Trinajstić information content (AvgIpc) is 2.61. The molecule has 0 spiro atoms. The van der Waals surface area contributed by atoms with Crippen LogP contribution >= 0.6 is 0 Å². The Labute approximate surface area is 149 Å². The molecule has 1 amide bonds. The van der Waals surface area contributed by atoms with Crippen molar-refractivity contribution in [1.82, 2.24) is 9.88 Å². The predicted molar refractivity (Wildman–Crippen MR) is 99.6 cm³/mol. The molecule has 0 saturated heterocycles. The molecule has 1 aromatic heterocycles. The highest BCUT2D eigenvalue weighted by Crippen LogP contribution is 2.15. The third-order valence-corrected chi connectivity index (χ3v) is 4.30. The van der Waals surface area contributed by atoms with Crippen molar-refractivity contribution in [2.75, 3.05) is 20.2 Å². The number of rotatable bonds is 8. The largest absolute Gasteiger partial charge is 0.492 e. The van der Waals surface area contributed by atoms with Gasteiger partial charge in [-0.2, -0.15) is 0 Å². The first-order chi connectivity index (χ1) is 12.0.